The van der Waals surface area contributed by atoms with Gasteiger partial charge in [0.1, 0.15) is 11.3 Å². The van der Waals surface area contributed by atoms with E-state index < -0.39 is 0 Å². The Morgan fingerprint density at radius 1 is 1.14 bits per heavy atom. The van der Waals surface area contributed by atoms with Crippen LogP contribution in [0.5, 0.6) is 11.5 Å². The van der Waals surface area contributed by atoms with Crippen molar-refractivity contribution in [3.8, 4) is 22.2 Å². The lowest BCUT2D eigenvalue weighted by Crippen LogP contribution is -2.08. The molecule has 1 N–H and O–H groups in total. The van der Waals surface area contributed by atoms with Gasteiger partial charge in [0, 0.05) is 29.9 Å². The molecule has 4 heterocycles. The van der Waals surface area contributed by atoms with Gasteiger partial charge in [-0.25, -0.2) is 19.5 Å². The third kappa shape index (κ3) is 2.50. The molecule has 0 radical (unpaired) electrons. The van der Waals surface area contributed by atoms with Crippen molar-refractivity contribution in [1.29, 1.82) is 0 Å². The molecular formula is C19H18N6O2S. The van der Waals surface area contributed by atoms with Crippen molar-refractivity contribution in [2.75, 3.05) is 19.5 Å². The van der Waals surface area contributed by atoms with E-state index in [0.29, 0.717) is 29.6 Å². The molecule has 3 aromatic heterocycles. The number of fused-ring (bicyclic) bond motifs is 2. The van der Waals surface area contributed by atoms with Crippen LogP contribution in [0.3, 0.4) is 0 Å². The van der Waals surface area contributed by atoms with Crippen LogP contribution in [0.15, 0.2) is 18.3 Å². The monoisotopic (exact) mass is 394 g/mol. The summed E-state index contributed by atoms with van der Waals surface area (Å²) in [7, 11) is 3.28. The van der Waals surface area contributed by atoms with E-state index in [2.05, 4.69) is 10.3 Å². The second kappa shape index (κ2) is 6.16. The Labute approximate surface area is 165 Å². The first kappa shape index (κ1) is 16.9. The molecule has 0 fully saturated rings. The van der Waals surface area contributed by atoms with Crippen molar-refractivity contribution < 1.29 is 9.47 Å². The Bertz CT molecular complexity index is 1230. The van der Waals surface area contributed by atoms with Gasteiger partial charge in [-0.1, -0.05) is 0 Å². The number of anilines is 2. The summed E-state index contributed by atoms with van der Waals surface area (Å²) in [6.07, 6.45) is 2.40. The Morgan fingerprint density at radius 2 is 2.00 bits per heavy atom. The lowest BCUT2D eigenvalue weighted by atomic mass is 10.0. The summed E-state index contributed by atoms with van der Waals surface area (Å²) in [5, 5.41) is 9.12. The van der Waals surface area contributed by atoms with Crippen LogP contribution in [0, 0.1) is 13.8 Å². The molecule has 4 aromatic rings. The molecule has 0 amide bonds. The number of nitrogens with one attached hydrogen (secondary N) is 1. The standard InChI is InChI=1S/C19H18N6O2S/c1-9-21-13-6-11-5-12(7-14(26-3)17(11)27-4)22-19-16(13)25(9)24-18(23-19)15-8-20-10(2)28-15/h5,7-8H,6H2,1-4H3,(H,22,23,24). The lowest BCUT2D eigenvalue weighted by molar-refractivity contribution is 0.352. The van der Waals surface area contributed by atoms with Gasteiger partial charge in [-0.3, -0.25) is 0 Å². The van der Waals surface area contributed by atoms with Crippen molar-refractivity contribution in [3.63, 3.8) is 0 Å². The summed E-state index contributed by atoms with van der Waals surface area (Å²) in [6.45, 7) is 3.91. The van der Waals surface area contributed by atoms with Crippen molar-refractivity contribution in [3.05, 3.63) is 40.4 Å². The molecule has 0 spiro atoms. The average Bonchev–Trinajstić information content (AvgIpc) is 3.24. The molecular weight excluding hydrogens is 376 g/mol. The topological polar surface area (TPSA) is 86.5 Å². The SMILES string of the molecule is COc1cc2cc(c1OC)Cc1nc(C)n3nc(-c4cnc(C)s4)nc(c13)N2. The van der Waals surface area contributed by atoms with Gasteiger partial charge in [0.25, 0.3) is 0 Å². The molecule has 1 aliphatic rings. The zero-order valence-electron chi connectivity index (χ0n) is 15.9. The van der Waals surface area contributed by atoms with Crippen LogP contribution in [0.25, 0.3) is 16.2 Å². The highest BCUT2D eigenvalue weighted by Crippen LogP contribution is 2.40. The van der Waals surface area contributed by atoms with Gasteiger partial charge < -0.3 is 14.8 Å². The number of thiazole rings is 1. The summed E-state index contributed by atoms with van der Waals surface area (Å²) >= 11 is 1.57. The van der Waals surface area contributed by atoms with Gasteiger partial charge in [-0.15, -0.1) is 16.4 Å². The van der Waals surface area contributed by atoms with E-state index in [-0.39, 0.29) is 0 Å². The van der Waals surface area contributed by atoms with Crippen LogP contribution in [0.4, 0.5) is 11.5 Å². The fourth-order valence-electron chi connectivity index (χ4n) is 3.56. The Balaban J connectivity index is 1.76. The number of imidazole rings is 1. The summed E-state index contributed by atoms with van der Waals surface area (Å²) in [5.74, 6) is 3.52. The number of nitrogens with zero attached hydrogens (tertiary/aromatic N) is 5. The highest BCUT2D eigenvalue weighted by Gasteiger charge is 2.24. The predicted octanol–water partition coefficient (Wildman–Crippen LogP) is 3.53. The fourth-order valence-corrected chi connectivity index (χ4v) is 4.27. The van der Waals surface area contributed by atoms with Gasteiger partial charge >= 0.3 is 0 Å². The van der Waals surface area contributed by atoms with Crippen molar-refractivity contribution in [2.24, 2.45) is 0 Å². The second-order valence-corrected chi connectivity index (χ2v) is 7.80. The number of aryl methyl sites for hydroxylation is 2. The van der Waals surface area contributed by atoms with E-state index in [4.69, 9.17) is 24.5 Å². The van der Waals surface area contributed by atoms with E-state index in [1.165, 1.54) is 0 Å². The van der Waals surface area contributed by atoms with Gasteiger partial charge in [0.2, 0.25) is 0 Å². The maximum Gasteiger partial charge on any atom is 0.193 e. The van der Waals surface area contributed by atoms with Crippen molar-refractivity contribution >= 4 is 28.4 Å². The first-order valence-corrected chi connectivity index (χ1v) is 9.60. The summed E-state index contributed by atoms with van der Waals surface area (Å²) < 4.78 is 13.0. The summed E-state index contributed by atoms with van der Waals surface area (Å²) in [5.41, 5.74) is 3.64. The molecule has 28 heavy (non-hydrogen) atoms. The molecule has 1 aliphatic heterocycles. The van der Waals surface area contributed by atoms with Crippen LogP contribution in [0.1, 0.15) is 22.1 Å². The Morgan fingerprint density at radius 3 is 2.71 bits per heavy atom. The van der Waals surface area contributed by atoms with Crippen LogP contribution in [0.2, 0.25) is 0 Å². The smallest absolute Gasteiger partial charge is 0.193 e. The maximum absolute atomic E-state index is 5.59. The first-order chi connectivity index (χ1) is 13.6. The third-order valence-electron chi connectivity index (χ3n) is 4.74. The number of benzene rings is 1. The zero-order valence-corrected chi connectivity index (χ0v) is 16.7. The quantitative estimate of drug-likeness (QED) is 0.501. The third-order valence-corrected chi connectivity index (χ3v) is 5.65. The Hall–Kier alpha value is -3.20. The molecule has 1 aromatic carbocycles. The minimum Gasteiger partial charge on any atom is -0.493 e. The molecule has 0 atom stereocenters. The minimum atomic E-state index is 0.599. The van der Waals surface area contributed by atoms with E-state index in [0.717, 1.165) is 38.2 Å². The van der Waals surface area contributed by atoms with E-state index >= 15 is 0 Å². The van der Waals surface area contributed by atoms with Crippen LogP contribution in [-0.4, -0.2) is 38.8 Å². The molecule has 0 aliphatic carbocycles. The van der Waals surface area contributed by atoms with E-state index in [1.54, 1.807) is 31.8 Å². The fraction of sp³-hybridized carbons (Fsp3) is 0.263. The molecule has 5 rings (SSSR count). The minimum absolute atomic E-state index is 0.599. The number of rotatable bonds is 3. The number of methoxy groups -OCH3 is 2. The number of hydrogen-bond acceptors (Lipinski definition) is 8. The van der Waals surface area contributed by atoms with Gasteiger partial charge in [0.15, 0.2) is 23.1 Å². The molecule has 0 saturated carbocycles. The molecule has 142 valence electrons. The molecule has 0 unspecified atom stereocenters. The zero-order chi connectivity index (χ0) is 19.4. The summed E-state index contributed by atoms with van der Waals surface area (Å²) in [6, 6.07) is 3.95. The molecule has 0 saturated heterocycles. The molecule has 2 bridgehead atoms. The predicted molar refractivity (Wildman–Crippen MR) is 107 cm³/mol. The van der Waals surface area contributed by atoms with Crippen LogP contribution in [-0.2, 0) is 6.42 Å². The van der Waals surface area contributed by atoms with Gasteiger partial charge in [0.05, 0.1) is 29.8 Å². The highest BCUT2D eigenvalue weighted by atomic mass is 32.1. The Kier molecular flexibility index (Phi) is 3.73. The lowest BCUT2D eigenvalue weighted by Gasteiger charge is -2.18. The van der Waals surface area contributed by atoms with Crippen molar-refractivity contribution in [2.45, 2.75) is 20.3 Å². The first-order valence-electron chi connectivity index (χ1n) is 8.78. The van der Waals surface area contributed by atoms with Gasteiger partial charge in [-0.2, -0.15) is 0 Å². The van der Waals surface area contributed by atoms with E-state index in [1.807, 2.05) is 30.5 Å². The van der Waals surface area contributed by atoms with Crippen LogP contribution < -0.4 is 14.8 Å². The second-order valence-electron chi connectivity index (χ2n) is 6.57. The highest BCUT2D eigenvalue weighted by molar-refractivity contribution is 7.14. The van der Waals surface area contributed by atoms with Crippen molar-refractivity contribution in [1.82, 2.24) is 24.6 Å². The van der Waals surface area contributed by atoms with Gasteiger partial charge in [-0.05, 0) is 19.9 Å². The number of ether oxygens (including phenoxy) is 2. The largest absolute Gasteiger partial charge is 0.493 e. The normalized spacial score (nSPS) is 12.4. The summed E-state index contributed by atoms with van der Waals surface area (Å²) in [4.78, 5) is 14.8. The van der Waals surface area contributed by atoms with E-state index in [9.17, 15) is 0 Å². The average molecular weight is 394 g/mol. The van der Waals surface area contributed by atoms with Crippen LogP contribution >= 0.6 is 11.3 Å². The molecule has 8 nitrogen and oxygen atoms in total. The number of aromatic nitrogens is 5. The molecule has 9 heteroatoms. The number of hydrogen-bond donors (Lipinski definition) is 1. The maximum atomic E-state index is 5.59.